The first-order chi connectivity index (χ1) is 14.2. The molecule has 4 rings (SSSR count). The van der Waals surface area contributed by atoms with Gasteiger partial charge in [-0.25, -0.2) is 4.39 Å². The summed E-state index contributed by atoms with van der Waals surface area (Å²) in [6.45, 7) is 7.33. The van der Waals surface area contributed by atoms with Crippen molar-refractivity contribution in [3.63, 3.8) is 0 Å². The summed E-state index contributed by atoms with van der Waals surface area (Å²) in [6.07, 6.45) is 0.305. The Balaban J connectivity index is 1.46. The Kier molecular flexibility index (Phi) is 5.36. The molecule has 1 aliphatic heterocycles. The lowest BCUT2D eigenvalue weighted by molar-refractivity contribution is -0.128. The van der Waals surface area contributed by atoms with Crippen molar-refractivity contribution in [1.29, 1.82) is 0 Å². The van der Waals surface area contributed by atoms with Crippen molar-refractivity contribution < 1.29 is 13.7 Å². The first-order valence-corrected chi connectivity index (χ1v) is 10.2. The first kappa shape index (κ1) is 20.5. The Labute approximate surface area is 179 Å². The van der Waals surface area contributed by atoms with Crippen molar-refractivity contribution in [1.82, 2.24) is 15.0 Å². The summed E-state index contributed by atoms with van der Waals surface area (Å²) in [5.41, 5.74) is 2.96. The molecule has 1 atom stereocenters. The number of benzene rings is 2. The second-order valence-electron chi connectivity index (χ2n) is 8.71. The molecule has 1 unspecified atom stereocenters. The monoisotopic (exact) mass is 427 g/mol. The Hall–Kier alpha value is -2.73. The predicted octanol–water partition coefficient (Wildman–Crippen LogP) is 5.34. The molecule has 2 aromatic carbocycles. The number of carbonyl (C=O) groups is 1. The second-order valence-corrected chi connectivity index (χ2v) is 9.11. The van der Waals surface area contributed by atoms with E-state index in [-0.39, 0.29) is 22.3 Å². The zero-order valence-corrected chi connectivity index (χ0v) is 17.9. The van der Waals surface area contributed by atoms with Gasteiger partial charge >= 0.3 is 0 Å². The maximum atomic E-state index is 13.4. The molecule has 0 aliphatic carbocycles. The fraction of sp³-hybridized carbons (Fsp3) is 0.348. The van der Waals surface area contributed by atoms with Crippen molar-refractivity contribution in [2.24, 2.45) is 0 Å². The highest BCUT2D eigenvalue weighted by molar-refractivity contribution is 6.30. The van der Waals surface area contributed by atoms with Crippen LogP contribution in [-0.2, 0) is 16.8 Å². The van der Waals surface area contributed by atoms with Crippen molar-refractivity contribution >= 4 is 17.5 Å². The molecule has 0 spiro atoms. The van der Waals surface area contributed by atoms with Gasteiger partial charge in [0.15, 0.2) is 0 Å². The van der Waals surface area contributed by atoms with E-state index in [4.69, 9.17) is 16.1 Å². The smallest absolute Gasteiger partial charge is 0.232 e. The maximum absolute atomic E-state index is 13.4. The maximum Gasteiger partial charge on any atom is 0.232 e. The van der Waals surface area contributed by atoms with Gasteiger partial charge in [0, 0.05) is 25.1 Å². The minimum Gasteiger partial charge on any atom is -0.339 e. The molecule has 30 heavy (non-hydrogen) atoms. The number of hydrogen-bond donors (Lipinski definition) is 0. The Morgan fingerprint density at radius 2 is 1.93 bits per heavy atom. The summed E-state index contributed by atoms with van der Waals surface area (Å²) < 4.78 is 18.8. The summed E-state index contributed by atoms with van der Waals surface area (Å²) in [5, 5.41) is 4.15. The van der Waals surface area contributed by atoms with E-state index in [0.29, 0.717) is 31.2 Å². The molecule has 1 amide bonds. The van der Waals surface area contributed by atoms with E-state index in [1.54, 1.807) is 17.0 Å². The Morgan fingerprint density at radius 1 is 1.20 bits per heavy atom. The van der Waals surface area contributed by atoms with Crippen LogP contribution in [-0.4, -0.2) is 27.5 Å². The molecule has 7 heteroatoms. The van der Waals surface area contributed by atoms with E-state index in [9.17, 15) is 9.18 Å². The van der Waals surface area contributed by atoms with Crippen LogP contribution in [0.4, 0.5) is 4.39 Å². The van der Waals surface area contributed by atoms with Gasteiger partial charge in [-0.3, -0.25) is 4.79 Å². The molecule has 1 aromatic heterocycles. The highest BCUT2D eigenvalue weighted by Gasteiger charge is 2.34. The Morgan fingerprint density at radius 3 is 2.60 bits per heavy atom. The molecule has 0 radical (unpaired) electrons. The van der Waals surface area contributed by atoms with Crippen LogP contribution in [0.5, 0.6) is 0 Å². The SMILES string of the molecule is CC(C)(C)c1ccc(-c2noc(C3CC(=O)N(Cc4ccc(F)c(Cl)c4)C3)n2)cc1. The van der Waals surface area contributed by atoms with E-state index in [0.717, 1.165) is 11.1 Å². The summed E-state index contributed by atoms with van der Waals surface area (Å²) in [4.78, 5) is 18.7. The zero-order valence-electron chi connectivity index (χ0n) is 17.2. The minimum atomic E-state index is -0.472. The van der Waals surface area contributed by atoms with E-state index >= 15 is 0 Å². The summed E-state index contributed by atoms with van der Waals surface area (Å²) >= 11 is 5.84. The van der Waals surface area contributed by atoms with Gasteiger partial charge in [-0.2, -0.15) is 4.98 Å². The van der Waals surface area contributed by atoms with Crippen LogP contribution in [0.25, 0.3) is 11.4 Å². The normalized spacial score (nSPS) is 17.0. The van der Waals surface area contributed by atoms with Gasteiger partial charge in [0.1, 0.15) is 5.82 Å². The molecule has 0 N–H and O–H groups in total. The topological polar surface area (TPSA) is 59.2 Å². The fourth-order valence-electron chi connectivity index (χ4n) is 3.59. The third-order valence-electron chi connectivity index (χ3n) is 5.37. The third kappa shape index (κ3) is 4.24. The lowest BCUT2D eigenvalue weighted by Crippen LogP contribution is -2.24. The molecule has 0 saturated carbocycles. The van der Waals surface area contributed by atoms with E-state index in [1.807, 2.05) is 12.1 Å². The van der Waals surface area contributed by atoms with Crippen molar-refractivity contribution in [2.75, 3.05) is 6.54 Å². The highest BCUT2D eigenvalue weighted by atomic mass is 35.5. The molecular weight excluding hydrogens is 405 g/mol. The van der Waals surface area contributed by atoms with Crippen LogP contribution < -0.4 is 0 Å². The second kappa shape index (κ2) is 7.84. The largest absolute Gasteiger partial charge is 0.339 e. The molecule has 156 valence electrons. The number of amides is 1. The van der Waals surface area contributed by atoms with Gasteiger partial charge < -0.3 is 9.42 Å². The molecule has 1 fully saturated rings. The number of rotatable bonds is 4. The Bertz CT molecular complexity index is 1070. The summed E-state index contributed by atoms with van der Waals surface area (Å²) in [6, 6.07) is 12.6. The van der Waals surface area contributed by atoms with Crippen LogP contribution >= 0.6 is 11.6 Å². The number of likely N-dealkylation sites (tertiary alicyclic amines) is 1. The van der Waals surface area contributed by atoms with Crippen LogP contribution in [0, 0.1) is 5.82 Å². The van der Waals surface area contributed by atoms with Crippen LogP contribution in [0.15, 0.2) is 47.0 Å². The standard InChI is InChI=1S/C23H23ClFN3O2/c1-23(2,3)17-7-5-15(6-8-17)21-26-22(30-27-21)16-11-20(29)28(13-16)12-14-4-9-19(25)18(24)10-14/h4-10,16H,11-13H2,1-3H3. The number of nitrogens with zero attached hydrogens (tertiary/aromatic N) is 3. The molecule has 2 heterocycles. The number of aromatic nitrogens is 2. The van der Waals surface area contributed by atoms with Crippen LogP contribution in [0.1, 0.15) is 50.1 Å². The number of halogens is 2. The van der Waals surface area contributed by atoms with Crippen molar-refractivity contribution in [3.8, 4) is 11.4 Å². The van der Waals surface area contributed by atoms with Gasteiger partial charge in [-0.05, 0) is 28.7 Å². The van der Waals surface area contributed by atoms with Gasteiger partial charge in [0.05, 0.1) is 10.9 Å². The quantitative estimate of drug-likeness (QED) is 0.563. The average molecular weight is 428 g/mol. The average Bonchev–Trinajstić information content (AvgIpc) is 3.32. The molecule has 1 aliphatic rings. The van der Waals surface area contributed by atoms with Gasteiger partial charge in [0.25, 0.3) is 0 Å². The number of carbonyl (C=O) groups excluding carboxylic acids is 1. The lowest BCUT2D eigenvalue weighted by Gasteiger charge is -2.18. The van der Waals surface area contributed by atoms with Crippen molar-refractivity contribution in [2.45, 2.75) is 45.1 Å². The predicted molar refractivity (Wildman–Crippen MR) is 113 cm³/mol. The molecule has 1 saturated heterocycles. The van der Waals surface area contributed by atoms with Crippen molar-refractivity contribution in [3.05, 3.63) is 70.3 Å². The van der Waals surface area contributed by atoms with E-state index in [2.05, 4.69) is 43.0 Å². The molecule has 3 aromatic rings. The van der Waals surface area contributed by atoms with Crippen LogP contribution in [0.2, 0.25) is 5.02 Å². The summed E-state index contributed by atoms with van der Waals surface area (Å²) in [5.74, 6) is 0.331. The van der Waals surface area contributed by atoms with Gasteiger partial charge in [-0.1, -0.05) is 67.9 Å². The fourth-order valence-corrected chi connectivity index (χ4v) is 3.79. The molecule has 5 nitrogen and oxygen atoms in total. The molecule has 0 bridgehead atoms. The third-order valence-corrected chi connectivity index (χ3v) is 5.66. The van der Waals surface area contributed by atoms with Gasteiger partial charge in [0.2, 0.25) is 17.6 Å². The van der Waals surface area contributed by atoms with E-state index in [1.165, 1.54) is 11.6 Å². The summed E-state index contributed by atoms with van der Waals surface area (Å²) in [7, 11) is 0. The minimum absolute atomic E-state index is 0.00488. The highest BCUT2D eigenvalue weighted by Crippen LogP contribution is 2.31. The zero-order chi connectivity index (χ0) is 21.5. The van der Waals surface area contributed by atoms with Crippen LogP contribution in [0.3, 0.4) is 0 Å². The first-order valence-electron chi connectivity index (χ1n) is 9.87. The molecular formula is C23H23ClFN3O2. The number of hydrogen-bond acceptors (Lipinski definition) is 4. The van der Waals surface area contributed by atoms with E-state index < -0.39 is 5.82 Å². The lowest BCUT2D eigenvalue weighted by atomic mass is 9.87. The van der Waals surface area contributed by atoms with Gasteiger partial charge in [-0.15, -0.1) is 0 Å².